The van der Waals surface area contributed by atoms with E-state index in [-0.39, 0.29) is 11.7 Å². The molecular formula is C18H29NO3S. The van der Waals surface area contributed by atoms with Crippen molar-refractivity contribution in [3.63, 3.8) is 0 Å². The number of carbonyl (C=O) groups excluding carboxylic acids is 1. The van der Waals surface area contributed by atoms with E-state index in [0.717, 1.165) is 19.3 Å². The summed E-state index contributed by atoms with van der Waals surface area (Å²) >= 11 is 1.81. The Hall–Kier alpha value is -1.07. The van der Waals surface area contributed by atoms with Crippen molar-refractivity contribution in [2.45, 2.75) is 71.7 Å². The molecule has 0 N–H and O–H groups in total. The van der Waals surface area contributed by atoms with Gasteiger partial charge in [-0.25, -0.2) is 4.79 Å². The summed E-state index contributed by atoms with van der Waals surface area (Å²) in [7, 11) is 0. The van der Waals surface area contributed by atoms with Gasteiger partial charge in [-0.2, -0.15) is 0 Å². The first-order valence-electron chi connectivity index (χ1n) is 8.46. The molecule has 1 aromatic rings. The normalized spacial score (nSPS) is 21.7. The van der Waals surface area contributed by atoms with E-state index in [4.69, 9.17) is 9.47 Å². The zero-order chi connectivity index (χ0) is 17.1. The minimum absolute atomic E-state index is 0.235. The second-order valence-corrected chi connectivity index (χ2v) is 8.45. The average molecular weight is 340 g/mol. The van der Waals surface area contributed by atoms with Crippen LogP contribution >= 0.6 is 11.3 Å². The molecule has 5 heteroatoms. The van der Waals surface area contributed by atoms with E-state index in [9.17, 15) is 4.79 Å². The number of carbonyl (C=O) groups is 1. The Morgan fingerprint density at radius 1 is 1.30 bits per heavy atom. The van der Waals surface area contributed by atoms with E-state index in [1.165, 1.54) is 9.75 Å². The van der Waals surface area contributed by atoms with Crippen LogP contribution < -0.4 is 0 Å². The first-order valence-corrected chi connectivity index (χ1v) is 9.28. The van der Waals surface area contributed by atoms with Crippen LogP contribution in [0.4, 0.5) is 4.79 Å². The van der Waals surface area contributed by atoms with Crippen LogP contribution in [0.25, 0.3) is 0 Å². The Balaban J connectivity index is 1.93. The third kappa shape index (κ3) is 4.95. The molecule has 1 saturated heterocycles. The molecule has 2 heterocycles. The number of rotatable bonds is 5. The van der Waals surface area contributed by atoms with Crippen LogP contribution in [0.15, 0.2) is 12.1 Å². The van der Waals surface area contributed by atoms with Gasteiger partial charge in [-0.1, -0.05) is 13.8 Å². The van der Waals surface area contributed by atoms with Crippen molar-refractivity contribution in [1.29, 1.82) is 0 Å². The molecule has 1 amide bonds. The average Bonchev–Trinajstić information content (AvgIpc) is 3.11. The maximum Gasteiger partial charge on any atom is 0.410 e. The lowest BCUT2D eigenvalue weighted by Gasteiger charge is -2.29. The lowest BCUT2D eigenvalue weighted by molar-refractivity contribution is -0.0517. The van der Waals surface area contributed by atoms with Crippen molar-refractivity contribution in [1.82, 2.24) is 4.90 Å². The van der Waals surface area contributed by atoms with E-state index >= 15 is 0 Å². The number of likely N-dealkylation sites (tertiary alicyclic amines) is 1. The van der Waals surface area contributed by atoms with Gasteiger partial charge in [-0.3, -0.25) is 0 Å². The second-order valence-electron chi connectivity index (χ2n) is 7.20. The summed E-state index contributed by atoms with van der Waals surface area (Å²) in [6.45, 7) is 11.9. The Morgan fingerprint density at radius 2 is 2.00 bits per heavy atom. The van der Waals surface area contributed by atoms with Crippen LogP contribution in [-0.4, -0.2) is 35.3 Å². The molecule has 0 saturated carbocycles. The second kappa shape index (κ2) is 7.22. The third-order valence-corrected chi connectivity index (χ3v) is 5.40. The van der Waals surface area contributed by atoms with Crippen LogP contribution in [0.5, 0.6) is 0 Å². The Morgan fingerprint density at radius 3 is 2.57 bits per heavy atom. The first-order chi connectivity index (χ1) is 10.8. The van der Waals surface area contributed by atoms with E-state index in [2.05, 4.69) is 26.0 Å². The molecule has 0 bridgehead atoms. The summed E-state index contributed by atoms with van der Waals surface area (Å²) < 4.78 is 11.7. The van der Waals surface area contributed by atoms with Gasteiger partial charge >= 0.3 is 6.09 Å². The molecule has 1 aliphatic heterocycles. The lowest BCUT2D eigenvalue weighted by Crippen LogP contribution is -2.40. The number of hydrogen-bond acceptors (Lipinski definition) is 4. The van der Waals surface area contributed by atoms with Crippen LogP contribution in [0.2, 0.25) is 0 Å². The van der Waals surface area contributed by atoms with Gasteiger partial charge in [-0.15, -0.1) is 11.3 Å². The van der Waals surface area contributed by atoms with Crippen LogP contribution in [0, 0.1) is 0 Å². The molecule has 0 radical (unpaired) electrons. The Kier molecular flexibility index (Phi) is 5.74. The van der Waals surface area contributed by atoms with Crippen molar-refractivity contribution in [2.75, 3.05) is 13.1 Å². The zero-order valence-electron chi connectivity index (χ0n) is 15.0. The number of aryl methyl sites for hydroxylation is 1. The van der Waals surface area contributed by atoms with Crippen molar-refractivity contribution in [3.8, 4) is 0 Å². The molecule has 130 valence electrons. The Bertz CT molecular complexity index is 535. The van der Waals surface area contributed by atoms with E-state index in [1.807, 2.05) is 32.1 Å². The SMILES string of the molecule is CCc1ccc(COC2(CC)CCN(C(=O)OC(C)(C)C)C2)s1. The fourth-order valence-corrected chi connectivity index (χ4v) is 3.62. The van der Waals surface area contributed by atoms with Crippen LogP contribution in [-0.2, 0) is 22.5 Å². The molecule has 1 aliphatic rings. The van der Waals surface area contributed by atoms with Gasteiger partial charge < -0.3 is 14.4 Å². The fourth-order valence-electron chi connectivity index (χ4n) is 2.75. The molecule has 1 fully saturated rings. The Labute approximate surface area is 143 Å². The van der Waals surface area contributed by atoms with Gasteiger partial charge in [0.25, 0.3) is 0 Å². The highest BCUT2D eigenvalue weighted by Gasteiger charge is 2.41. The number of amides is 1. The van der Waals surface area contributed by atoms with Crippen LogP contribution in [0.3, 0.4) is 0 Å². The van der Waals surface area contributed by atoms with Gasteiger partial charge in [0.1, 0.15) is 5.60 Å². The number of nitrogens with zero attached hydrogens (tertiary/aromatic N) is 1. The summed E-state index contributed by atoms with van der Waals surface area (Å²) in [5.41, 5.74) is -0.698. The predicted octanol–water partition coefficient (Wildman–Crippen LogP) is 4.62. The highest BCUT2D eigenvalue weighted by Crippen LogP contribution is 2.31. The molecule has 1 aromatic heterocycles. The number of hydrogen-bond donors (Lipinski definition) is 0. The van der Waals surface area contributed by atoms with Gasteiger partial charge in [0.2, 0.25) is 0 Å². The smallest absolute Gasteiger partial charge is 0.410 e. The maximum absolute atomic E-state index is 12.2. The largest absolute Gasteiger partial charge is 0.444 e. The monoisotopic (exact) mass is 339 g/mol. The standard InChI is InChI=1S/C18H29NO3S/c1-6-14-8-9-15(23-14)12-21-18(7-2)10-11-19(13-18)16(20)22-17(3,4)5/h8-9H,6-7,10-13H2,1-5H3. The molecule has 1 unspecified atom stereocenters. The van der Waals surface area contributed by atoms with E-state index in [1.54, 1.807) is 4.90 Å². The zero-order valence-corrected chi connectivity index (χ0v) is 15.8. The number of thiophene rings is 1. The summed E-state index contributed by atoms with van der Waals surface area (Å²) in [6, 6.07) is 4.32. The first kappa shape index (κ1) is 18.3. The minimum Gasteiger partial charge on any atom is -0.444 e. The predicted molar refractivity (Wildman–Crippen MR) is 93.9 cm³/mol. The molecule has 2 rings (SSSR count). The fraction of sp³-hybridized carbons (Fsp3) is 0.722. The minimum atomic E-state index is -0.455. The molecule has 1 atom stereocenters. The highest BCUT2D eigenvalue weighted by molar-refractivity contribution is 7.11. The third-order valence-electron chi connectivity index (χ3n) is 4.20. The molecule has 0 aromatic carbocycles. The summed E-state index contributed by atoms with van der Waals surface area (Å²) in [5.74, 6) is 0. The van der Waals surface area contributed by atoms with Crippen molar-refractivity contribution in [3.05, 3.63) is 21.9 Å². The summed E-state index contributed by atoms with van der Waals surface area (Å²) in [6.07, 6.45) is 2.60. The quantitative estimate of drug-likeness (QED) is 0.786. The summed E-state index contributed by atoms with van der Waals surface area (Å²) in [5, 5.41) is 0. The van der Waals surface area contributed by atoms with Gasteiger partial charge in [0.05, 0.1) is 18.8 Å². The van der Waals surface area contributed by atoms with Crippen molar-refractivity contribution >= 4 is 17.4 Å². The van der Waals surface area contributed by atoms with E-state index < -0.39 is 5.60 Å². The number of ether oxygens (including phenoxy) is 2. The van der Waals surface area contributed by atoms with Crippen molar-refractivity contribution in [2.24, 2.45) is 0 Å². The molecule has 0 aliphatic carbocycles. The lowest BCUT2D eigenvalue weighted by atomic mass is 10.00. The van der Waals surface area contributed by atoms with Crippen molar-refractivity contribution < 1.29 is 14.3 Å². The van der Waals surface area contributed by atoms with Crippen LogP contribution in [0.1, 0.15) is 57.2 Å². The molecule has 4 nitrogen and oxygen atoms in total. The van der Waals surface area contributed by atoms with E-state index in [0.29, 0.717) is 19.7 Å². The molecule has 0 spiro atoms. The van der Waals surface area contributed by atoms with Gasteiger partial charge in [0.15, 0.2) is 0 Å². The molecular weight excluding hydrogens is 310 g/mol. The molecule has 23 heavy (non-hydrogen) atoms. The van der Waals surface area contributed by atoms with Gasteiger partial charge in [-0.05, 0) is 52.2 Å². The topological polar surface area (TPSA) is 38.8 Å². The summed E-state index contributed by atoms with van der Waals surface area (Å²) in [4.78, 5) is 16.6. The highest BCUT2D eigenvalue weighted by atomic mass is 32.1. The maximum atomic E-state index is 12.2. The van der Waals surface area contributed by atoms with Gasteiger partial charge in [0, 0.05) is 16.3 Å².